The molecule has 0 heterocycles. The number of ether oxygens (including phenoxy) is 1. The molecule has 88 valence electrons. The van der Waals surface area contributed by atoms with Gasteiger partial charge in [-0.3, -0.25) is 0 Å². The van der Waals surface area contributed by atoms with Gasteiger partial charge in [0.25, 0.3) is 0 Å². The van der Waals surface area contributed by atoms with E-state index in [1.807, 2.05) is 30.3 Å². The van der Waals surface area contributed by atoms with Crippen LogP contribution in [0.1, 0.15) is 10.4 Å². The molecule has 0 fully saturated rings. The molecule has 0 unspecified atom stereocenters. The predicted octanol–water partition coefficient (Wildman–Crippen LogP) is 1.79. The first-order valence-electron chi connectivity index (χ1n) is 5.08. The summed E-state index contributed by atoms with van der Waals surface area (Å²) in [5.74, 6) is -1.41. The molecule has 0 radical (unpaired) electrons. The van der Waals surface area contributed by atoms with Gasteiger partial charge in [-0.25, -0.2) is 9.59 Å². The van der Waals surface area contributed by atoms with Gasteiger partial charge in [-0.15, -0.1) is 0 Å². The van der Waals surface area contributed by atoms with Crippen molar-refractivity contribution in [2.45, 2.75) is 0 Å². The molecular formula is C14H12MgO3. The van der Waals surface area contributed by atoms with Crippen LogP contribution < -0.4 is 0 Å². The van der Waals surface area contributed by atoms with Gasteiger partial charge in [0, 0.05) is 6.08 Å². The van der Waals surface area contributed by atoms with E-state index in [9.17, 15) is 9.59 Å². The standard InChI is InChI=1S/C14H10O3.Mg.2H/c1-2-13(15)17-14(16)12-9-5-7-10-6-3-4-8-11(10)12;;;/h2-9H,1H2;;;. The molecule has 2 rings (SSSR count). The normalized spacial score (nSPS) is 9.33. The summed E-state index contributed by atoms with van der Waals surface area (Å²) in [5, 5.41) is 1.69. The van der Waals surface area contributed by atoms with Crippen LogP contribution in [0.5, 0.6) is 0 Å². The van der Waals surface area contributed by atoms with Gasteiger partial charge in [-0.1, -0.05) is 43.0 Å². The molecule has 0 aliphatic carbocycles. The molecule has 4 heteroatoms. The predicted molar refractivity (Wildman–Crippen MR) is 73.1 cm³/mol. The van der Waals surface area contributed by atoms with Gasteiger partial charge in [-0.05, 0) is 16.8 Å². The Bertz CT molecular complexity index is 600. The highest BCUT2D eigenvalue weighted by Crippen LogP contribution is 2.19. The number of carbonyl (C=O) groups excluding carboxylic acids is 2. The highest BCUT2D eigenvalue weighted by molar-refractivity contribution is 6.08. The fourth-order valence-electron chi connectivity index (χ4n) is 1.59. The second-order valence-corrected chi connectivity index (χ2v) is 3.44. The molecule has 3 nitrogen and oxygen atoms in total. The van der Waals surface area contributed by atoms with Crippen LogP contribution in [0.2, 0.25) is 0 Å². The topological polar surface area (TPSA) is 43.4 Å². The van der Waals surface area contributed by atoms with Crippen LogP contribution in [-0.2, 0) is 9.53 Å². The van der Waals surface area contributed by atoms with Crippen LogP contribution in [0, 0.1) is 0 Å². The summed E-state index contributed by atoms with van der Waals surface area (Å²) >= 11 is 0. The van der Waals surface area contributed by atoms with E-state index in [4.69, 9.17) is 0 Å². The molecule has 18 heavy (non-hydrogen) atoms. The number of hydrogen-bond donors (Lipinski definition) is 0. The Kier molecular flexibility index (Phi) is 5.06. The summed E-state index contributed by atoms with van der Waals surface area (Å²) in [6.07, 6.45) is 0.961. The van der Waals surface area contributed by atoms with Gasteiger partial charge < -0.3 is 4.74 Å². The zero-order valence-electron chi connectivity index (χ0n) is 9.05. The number of benzene rings is 2. The minimum Gasteiger partial charge on any atom is -0.386 e. The Labute approximate surface area is 121 Å². The van der Waals surface area contributed by atoms with E-state index in [1.54, 1.807) is 12.1 Å². The molecule has 0 aromatic heterocycles. The number of esters is 2. The molecule has 0 aliphatic heterocycles. The molecule has 0 aliphatic rings. The van der Waals surface area contributed by atoms with Crippen molar-refractivity contribution in [1.82, 2.24) is 0 Å². The lowest BCUT2D eigenvalue weighted by molar-refractivity contribution is -0.132. The molecule has 0 saturated carbocycles. The van der Waals surface area contributed by atoms with Crippen molar-refractivity contribution in [3.05, 3.63) is 60.7 Å². The van der Waals surface area contributed by atoms with E-state index in [-0.39, 0.29) is 23.1 Å². The van der Waals surface area contributed by atoms with Crippen molar-refractivity contribution in [3.8, 4) is 0 Å². The van der Waals surface area contributed by atoms with Crippen molar-refractivity contribution in [1.29, 1.82) is 0 Å². The highest BCUT2D eigenvalue weighted by Gasteiger charge is 2.13. The quantitative estimate of drug-likeness (QED) is 0.354. The average molecular weight is 253 g/mol. The van der Waals surface area contributed by atoms with Gasteiger partial charge in [0.15, 0.2) is 0 Å². The second-order valence-electron chi connectivity index (χ2n) is 3.44. The first kappa shape index (κ1) is 14.4. The number of carbonyl (C=O) groups is 2. The summed E-state index contributed by atoms with van der Waals surface area (Å²) in [5.41, 5.74) is 0.373. The van der Waals surface area contributed by atoms with E-state index in [1.165, 1.54) is 0 Å². The maximum atomic E-state index is 11.7. The SMILES string of the molecule is C=CC(=O)OC(=O)c1cccc2ccccc12.[MgH2]. The maximum Gasteiger partial charge on any atom is 0.346 e. The van der Waals surface area contributed by atoms with Crippen molar-refractivity contribution >= 4 is 45.8 Å². The van der Waals surface area contributed by atoms with Crippen LogP contribution in [0.3, 0.4) is 0 Å². The average Bonchev–Trinajstić information content (AvgIpc) is 2.37. The molecular weight excluding hydrogens is 240 g/mol. The third-order valence-corrected chi connectivity index (χ3v) is 2.37. The summed E-state index contributed by atoms with van der Waals surface area (Å²) in [6, 6.07) is 12.7. The van der Waals surface area contributed by atoms with Gasteiger partial charge in [0.2, 0.25) is 0 Å². The summed E-state index contributed by atoms with van der Waals surface area (Å²) in [7, 11) is 0. The monoisotopic (exact) mass is 252 g/mol. The first-order chi connectivity index (χ1) is 8.22. The summed E-state index contributed by atoms with van der Waals surface area (Å²) < 4.78 is 4.60. The summed E-state index contributed by atoms with van der Waals surface area (Å²) in [6.45, 7) is 3.24. The van der Waals surface area contributed by atoms with Crippen LogP contribution in [0.15, 0.2) is 55.1 Å². The van der Waals surface area contributed by atoms with Crippen LogP contribution in [0.25, 0.3) is 10.8 Å². The number of rotatable bonds is 2. The molecule has 0 saturated heterocycles. The zero-order valence-corrected chi connectivity index (χ0v) is 9.05. The van der Waals surface area contributed by atoms with E-state index >= 15 is 0 Å². The third kappa shape index (κ3) is 2.97. The van der Waals surface area contributed by atoms with Gasteiger partial charge in [0.05, 0.1) is 5.56 Å². The Morgan fingerprint density at radius 2 is 1.72 bits per heavy atom. The Hall–Kier alpha value is -1.65. The molecule has 0 spiro atoms. The smallest absolute Gasteiger partial charge is 0.346 e. The molecule has 0 N–H and O–H groups in total. The lowest BCUT2D eigenvalue weighted by atomic mass is 10.1. The fraction of sp³-hybridized carbons (Fsp3) is 0. The van der Waals surface area contributed by atoms with Gasteiger partial charge in [0.1, 0.15) is 0 Å². The summed E-state index contributed by atoms with van der Waals surface area (Å²) in [4.78, 5) is 22.7. The zero-order chi connectivity index (χ0) is 12.3. The van der Waals surface area contributed by atoms with Crippen molar-refractivity contribution in [3.63, 3.8) is 0 Å². The number of hydrogen-bond acceptors (Lipinski definition) is 3. The molecule has 2 aromatic carbocycles. The molecule has 2 aromatic rings. The van der Waals surface area contributed by atoms with E-state index < -0.39 is 11.9 Å². The first-order valence-corrected chi connectivity index (χ1v) is 5.08. The van der Waals surface area contributed by atoms with E-state index in [2.05, 4.69) is 11.3 Å². The molecule has 0 bridgehead atoms. The molecule has 0 amide bonds. The minimum absolute atomic E-state index is 0. The van der Waals surface area contributed by atoms with Crippen LogP contribution in [-0.4, -0.2) is 35.0 Å². The number of fused-ring (bicyclic) bond motifs is 1. The highest BCUT2D eigenvalue weighted by atomic mass is 24.3. The van der Waals surface area contributed by atoms with Crippen molar-refractivity contribution < 1.29 is 14.3 Å². The largest absolute Gasteiger partial charge is 0.386 e. The second kappa shape index (κ2) is 6.33. The minimum atomic E-state index is -0.747. The van der Waals surface area contributed by atoms with Gasteiger partial charge in [-0.2, -0.15) is 0 Å². The van der Waals surface area contributed by atoms with E-state index in [0.29, 0.717) is 5.56 Å². The Morgan fingerprint density at radius 3 is 2.44 bits per heavy atom. The van der Waals surface area contributed by atoms with E-state index in [0.717, 1.165) is 16.8 Å². The lowest BCUT2D eigenvalue weighted by Crippen LogP contribution is -2.10. The van der Waals surface area contributed by atoms with Gasteiger partial charge >= 0.3 is 35.0 Å². The third-order valence-electron chi connectivity index (χ3n) is 2.37. The Balaban J connectivity index is 0.00000162. The maximum absolute atomic E-state index is 11.7. The van der Waals surface area contributed by atoms with Crippen molar-refractivity contribution in [2.75, 3.05) is 0 Å². The Morgan fingerprint density at radius 1 is 1.06 bits per heavy atom. The lowest BCUT2D eigenvalue weighted by Gasteiger charge is -2.04. The van der Waals surface area contributed by atoms with Crippen LogP contribution >= 0.6 is 0 Å². The van der Waals surface area contributed by atoms with Crippen LogP contribution in [0.4, 0.5) is 0 Å². The molecule has 0 atom stereocenters. The van der Waals surface area contributed by atoms with Crippen molar-refractivity contribution in [2.24, 2.45) is 0 Å². The fourth-order valence-corrected chi connectivity index (χ4v) is 1.59.